The van der Waals surface area contributed by atoms with E-state index in [9.17, 15) is 14.4 Å². The monoisotopic (exact) mass is 655 g/mol. The van der Waals surface area contributed by atoms with E-state index in [1.165, 1.54) is 16.9 Å². The smallest absolute Gasteiger partial charge is 0.264 e. The maximum atomic E-state index is 14.3. The molecule has 2 atom stereocenters. The summed E-state index contributed by atoms with van der Waals surface area (Å²) in [6, 6.07) is 15.1. The zero-order valence-corrected chi connectivity index (χ0v) is 28.4. The Labute approximate surface area is 280 Å². The number of carbonyl (C=O) groups is 3. The van der Waals surface area contributed by atoms with Crippen molar-refractivity contribution in [1.29, 1.82) is 0 Å². The number of hydrogen-bond acceptors (Lipinski definition) is 7. The van der Waals surface area contributed by atoms with Gasteiger partial charge >= 0.3 is 0 Å². The summed E-state index contributed by atoms with van der Waals surface area (Å²) in [5.41, 5.74) is 3.04. The molecule has 3 aromatic heterocycles. The van der Waals surface area contributed by atoms with E-state index in [0.717, 1.165) is 60.4 Å². The molecule has 5 heterocycles. The Morgan fingerprint density at radius 2 is 1.77 bits per heavy atom. The summed E-state index contributed by atoms with van der Waals surface area (Å²) in [4.78, 5) is 53.5. The highest BCUT2D eigenvalue weighted by molar-refractivity contribution is 7.20. The van der Waals surface area contributed by atoms with Gasteiger partial charge in [0.15, 0.2) is 0 Å². The summed E-state index contributed by atoms with van der Waals surface area (Å²) in [7, 11) is 1.89. The van der Waals surface area contributed by atoms with Crippen molar-refractivity contribution >= 4 is 39.3 Å². The first-order chi connectivity index (χ1) is 22.8. The van der Waals surface area contributed by atoms with E-state index >= 15 is 0 Å². The normalized spacial score (nSPS) is 20.0. The van der Waals surface area contributed by atoms with E-state index in [-0.39, 0.29) is 29.7 Å². The van der Waals surface area contributed by atoms with Gasteiger partial charge in [-0.15, -0.1) is 11.3 Å². The summed E-state index contributed by atoms with van der Waals surface area (Å²) < 4.78 is 1.82. The second-order valence-corrected chi connectivity index (χ2v) is 14.2. The van der Waals surface area contributed by atoms with Crippen molar-refractivity contribution in [3.63, 3.8) is 0 Å². The molecule has 2 aliphatic rings. The van der Waals surface area contributed by atoms with Gasteiger partial charge in [-0.2, -0.15) is 5.10 Å². The van der Waals surface area contributed by atoms with Crippen LogP contribution < -0.4 is 5.32 Å². The summed E-state index contributed by atoms with van der Waals surface area (Å²) in [5, 5.41) is 8.78. The molecule has 0 unspecified atom stereocenters. The average Bonchev–Trinajstić information content (AvgIpc) is 3.78. The quantitative estimate of drug-likeness (QED) is 0.315. The number of carbonyl (C=O) groups excluding carboxylic acids is 3. The van der Waals surface area contributed by atoms with E-state index < -0.39 is 6.04 Å². The molecule has 6 rings (SSSR count). The Kier molecular flexibility index (Phi) is 10.3. The van der Waals surface area contributed by atoms with Crippen LogP contribution in [0.15, 0.2) is 60.9 Å². The second-order valence-electron chi connectivity index (χ2n) is 13.2. The molecule has 10 nitrogen and oxygen atoms in total. The topological polar surface area (TPSA) is 104 Å². The van der Waals surface area contributed by atoms with Gasteiger partial charge in [-0.05, 0) is 61.9 Å². The van der Waals surface area contributed by atoms with E-state index in [4.69, 9.17) is 5.10 Å². The Bertz CT molecular complexity index is 1690. The van der Waals surface area contributed by atoms with Crippen LogP contribution in [-0.4, -0.2) is 92.0 Å². The molecular weight excluding hydrogens is 611 g/mol. The number of fused-ring (bicyclic) bond motifs is 3. The first-order valence-electron chi connectivity index (χ1n) is 16.8. The van der Waals surface area contributed by atoms with Crippen LogP contribution >= 0.6 is 11.3 Å². The number of rotatable bonds is 6. The SMILES string of the molecule is CC(C)CC(=O)N1CCCN(Cc2ccncc2)CCCCNC(=O)[C@@H]2C[C@H]1CN2C(=O)c1cc2c(-c3ccccc3)nn(C)c2s1. The van der Waals surface area contributed by atoms with Crippen molar-refractivity contribution in [2.75, 3.05) is 32.7 Å². The fourth-order valence-corrected chi connectivity index (χ4v) is 7.89. The summed E-state index contributed by atoms with van der Waals surface area (Å²) in [6.45, 7) is 8.17. The van der Waals surface area contributed by atoms with E-state index in [1.54, 1.807) is 4.90 Å². The van der Waals surface area contributed by atoms with E-state index in [2.05, 4.69) is 29.0 Å². The second kappa shape index (κ2) is 14.8. The van der Waals surface area contributed by atoms with Gasteiger partial charge in [0.1, 0.15) is 16.6 Å². The average molecular weight is 656 g/mol. The van der Waals surface area contributed by atoms with E-state index in [1.807, 2.05) is 77.6 Å². The Morgan fingerprint density at radius 3 is 2.53 bits per heavy atom. The van der Waals surface area contributed by atoms with Crippen molar-refractivity contribution in [3.05, 3.63) is 71.4 Å². The number of aryl methyl sites for hydroxylation is 1. The predicted octanol–water partition coefficient (Wildman–Crippen LogP) is 4.96. The highest BCUT2D eigenvalue weighted by atomic mass is 32.1. The number of thiophene rings is 1. The molecule has 11 heteroatoms. The van der Waals surface area contributed by atoms with Gasteiger partial charge in [0.05, 0.1) is 10.9 Å². The van der Waals surface area contributed by atoms with Gasteiger partial charge in [0.25, 0.3) is 5.91 Å². The van der Waals surface area contributed by atoms with Crippen LogP contribution in [-0.2, 0) is 23.2 Å². The highest BCUT2D eigenvalue weighted by Gasteiger charge is 2.43. The summed E-state index contributed by atoms with van der Waals surface area (Å²) >= 11 is 1.40. The highest BCUT2D eigenvalue weighted by Crippen LogP contribution is 2.35. The Hall–Kier alpha value is -4.09. The number of likely N-dealkylation sites (tertiary alicyclic amines) is 1. The molecule has 2 aliphatic heterocycles. The van der Waals surface area contributed by atoms with Crippen LogP contribution in [0.1, 0.15) is 61.2 Å². The molecular formula is C36H45N7O3S. The van der Waals surface area contributed by atoms with Gasteiger partial charge in [-0.25, -0.2) is 0 Å². The third-order valence-corrected chi connectivity index (χ3v) is 10.4. The minimum atomic E-state index is -0.634. The molecule has 248 valence electrons. The lowest BCUT2D eigenvalue weighted by atomic mass is 10.1. The molecule has 1 aromatic carbocycles. The van der Waals surface area contributed by atoms with Crippen LogP contribution in [0, 0.1) is 5.92 Å². The lowest BCUT2D eigenvalue weighted by Crippen LogP contribution is -2.46. The number of benzene rings is 1. The number of nitrogens with zero attached hydrogens (tertiary/aromatic N) is 6. The Balaban J connectivity index is 1.26. The Morgan fingerprint density at radius 1 is 1.00 bits per heavy atom. The molecule has 0 radical (unpaired) electrons. The van der Waals surface area contributed by atoms with Gasteiger partial charge < -0.3 is 15.1 Å². The first-order valence-corrected chi connectivity index (χ1v) is 17.6. The molecule has 0 spiro atoms. The van der Waals surface area contributed by atoms with Gasteiger partial charge in [0, 0.05) is 69.5 Å². The van der Waals surface area contributed by atoms with Crippen molar-refractivity contribution in [3.8, 4) is 11.3 Å². The van der Waals surface area contributed by atoms with Crippen LogP contribution in [0.3, 0.4) is 0 Å². The van der Waals surface area contributed by atoms with Gasteiger partial charge in [0.2, 0.25) is 11.8 Å². The number of pyridine rings is 1. The number of aromatic nitrogens is 3. The van der Waals surface area contributed by atoms with Gasteiger partial charge in [-0.3, -0.25) is 28.9 Å². The maximum absolute atomic E-state index is 14.3. The minimum Gasteiger partial charge on any atom is -0.354 e. The van der Waals surface area contributed by atoms with Crippen molar-refractivity contribution in [2.24, 2.45) is 13.0 Å². The fraction of sp³-hybridized carbons (Fsp3) is 0.472. The molecule has 3 amide bonds. The van der Waals surface area contributed by atoms with Crippen LogP contribution in [0.4, 0.5) is 0 Å². The van der Waals surface area contributed by atoms with E-state index in [0.29, 0.717) is 37.4 Å². The number of hydrogen-bond donors (Lipinski definition) is 1. The lowest BCUT2D eigenvalue weighted by Gasteiger charge is -2.31. The number of amides is 3. The molecule has 0 aliphatic carbocycles. The first kappa shape index (κ1) is 32.8. The van der Waals surface area contributed by atoms with Crippen LogP contribution in [0.25, 0.3) is 21.5 Å². The molecule has 4 aromatic rings. The molecule has 2 fully saturated rings. The third kappa shape index (κ3) is 7.57. The number of nitrogens with one attached hydrogen (secondary N) is 1. The molecule has 2 saturated heterocycles. The van der Waals surface area contributed by atoms with Crippen molar-refractivity contribution in [1.82, 2.24) is 34.8 Å². The fourth-order valence-electron chi connectivity index (χ4n) is 6.86. The predicted molar refractivity (Wildman–Crippen MR) is 185 cm³/mol. The molecule has 2 bridgehead atoms. The third-order valence-electron chi connectivity index (χ3n) is 9.19. The van der Waals surface area contributed by atoms with Gasteiger partial charge in [-0.1, -0.05) is 44.2 Å². The lowest BCUT2D eigenvalue weighted by molar-refractivity contribution is -0.134. The molecule has 0 saturated carbocycles. The van der Waals surface area contributed by atoms with Crippen LogP contribution in [0.5, 0.6) is 0 Å². The van der Waals surface area contributed by atoms with Crippen molar-refractivity contribution in [2.45, 2.75) is 64.6 Å². The molecule has 47 heavy (non-hydrogen) atoms. The van der Waals surface area contributed by atoms with Crippen molar-refractivity contribution < 1.29 is 14.4 Å². The standard InChI is InChI=1S/C36H45N7O3S/c1-25(2)20-32(44)42-19-9-18-41(23-26-12-15-37-16-13-26)17-8-7-14-38-34(45)30-21-28(42)24-43(30)35(46)31-22-29-33(27-10-5-4-6-11-27)39-40(3)36(29)47-31/h4-6,10-13,15-16,22,25,28,30H,7-9,14,17-21,23-24H2,1-3H3,(H,38,45)/t28-,30-/m0/s1. The zero-order chi connectivity index (χ0) is 32.9. The summed E-state index contributed by atoms with van der Waals surface area (Å²) in [5.74, 6) is -0.0119. The zero-order valence-electron chi connectivity index (χ0n) is 27.6. The summed E-state index contributed by atoms with van der Waals surface area (Å²) in [6.07, 6.45) is 7.13. The molecule has 1 N–H and O–H groups in total. The largest absolute Gasteiger partial charge is 0.354 e. The maximum Gasteiger partial charge on any atom is 0.264 e. The van der Waals surface area contributed by atoms with Crippen LogP contribution in [0.2, 0.25) is 0 Å². The minimum absolute atomic E-state index is 0.0895.